The van der Waals surface area contributed by atoms with Crippen molar-refractivity contribution in [1.82, 2.24) is 9.97 Å². The number of nitrogens with zero attached hydrogens (tertiary/aromatic N) is 3. The Morgan fingerprint density at radius 2 is 2.05 bits per heavy atom. The zero-order valence-electron chi connectivity index (χ0n) is 10.8. The number of hydrogen-bond donors (Lipinski definition) is 2. The van der Waals surface area contributed by atoms with Crippen molar-refractivity contribution in [2.75, 3.05) is 37.0 Å². The average Bonchev–Trinajstić information content (AvgIpc) is 2.35. The molecule has 0 spiro atoms. The first-order chi connectivity index (χ1) is 8.92. The van der Waals surface area contributed by atoms with Crippen molar-refractivity contribution in [2.24, 2.45) is 0 Å². The normalized spacial score (nSPS) is 11.5. The smallest absolute Gasteiger partial charge is 0.395 e. The van der Waals surface area contributed by atoms with E-state index in [-0.39, 0.29) is 19.0 Å². The van der Waals surface area contributed by atoms with Crippen molar-refractivity contribution in [1.29, 1.82) is 0 Å². The summed E-state index contributed by atoms with van der Waals surface area (Å²) >= 11 is 0. The Kier molecular flexibility index (Phi) is 5.34. The molecule has 1 heterocycles. The molecule has 0 bridgehead atoms. The maximum absolute atomic E-state index is 12.6. The van der Waals surface area contributed by atoms with E-state index in [4.69, 9.17) is 5.11 Å². The molecule has 0 atom stereocenters. The summed E-state index contributed by atoms with van der Waals surface area (Å²) in [6, 6.07) is 0. The van der Waals surface area contributed by atoms with E-state index in [0.29, 0.717) is 17.8 Å². The van der Waals surface area contributed by atoms with Crippen LogP contribution in [0.15, 0.2) is 6.33 Å². The third-order valence-electron chi connectivity index (χ3n) is 2.55. The third kappa shape index (κ3) is 4.23. The van der Waals surface area contributed by atoms with E-state index in [0.717, 1.165) is 4.90 Å². The molecule has 5 nitrogen and oxygen atoms in total. The summed E-state index contributed by atoms with van der Waals surface area (Å²) in [7, 11) is 1.64. The van der Waals surface area contributed by atoms with Gasteiger partial charge in [0, 0.05) is 19.2 Å². The number of anilines is 2. The molecular formula is C11H17F3N4O. The van der Waals surface area contributed by atoms with Gasteiger partial charge in [0.15, 0.2) is 0 Å². The fourth-order valence-corrected chi connectivity index (χ4v) is 1.81. The van der Waals surface area contributed by atoms with Crippen molar-refractivity contribution in [2.45, 2.75) is 19.5 Å². The van der Waals surface area contributed by atoms with Crippen LogP contribution in [0.25, 0.3) is 0 Å². The van der Waals surface area contributed by atoms with Crippen molar-refractivity contribution in [3.05, 3.63) is 11.9 Å². The van der Waals surface area contributed by atoms with Crippen LogP contribution in [0.2, 0.25) is 0 Å². The second kappa shape index (κ2) is 6.55. The molecule has 0 saturated heterocycles. The molecule has 0 fully saturated rings. The van der Waals surface area contributed by atoms with Gasteiger partial charge in [0.1, 0.15) is 24.5 Å². The van der Waals surface area contributed by atoms with E-state index in [1.54, 1.807) is 7.05 Å². The van der Waals surface area contributed by atoms with Crippen molar-refractivity contribution in [3.63, 3.8) is 0 Å². The topological polar surface area (TPSA) is 61.3 Å². The van der Waals surface area contributed by atoms with Gasteiger partial charge in [-0.2, -0.15) is 13.2 Å². The van der Waals surface area contributed by atoms with Gasteiger partial charge in [0.2, 0.25) is 0 Å². The zero-order chi connectivity index (χ0) is 14.5. The van der Waals surface area contributed by atoms with Gasteiger partial charge in [-0.25, -0.2) is 9.97 Å². The van der Waals surface area contributed by atoms with E-state index in [2.05, 4.69) is 15.3 Å². The Morgan fingerprint density at radius 3 is 2.53 bits per heavy atom. The highest BCUT2D eigenvalue weighted by Crippen LogP contribution is 2.26. The van der Waals surface area contributed by atoms with Crippen LogP contribution in [-0.4, -0.2) is 48.0 Å². The number of aliphatic hydroxyl groups excluding tert-OH is 1. The lowest BCUT2D eigenvalue weighted by Crippen LogP contribution is -2.37. The Hall–Kier alpha value is -1.57. The first-order valence-electron chi connectivity index (χ1n) is 5.87. The van der Waals surface area contributed by atoms with Gasteiger partial charge >= 0.3 is 6.18 Å². The molecule has 108 valence electrons. The lowest BCUT2D eigenvalue weighted by Gasteiger charge is -2.26. The Labute approximate surface area is 109 Å². The summed E-state index contributed by atoms with van der Waals surface area (Å²) in [5.41, 5.74) is 0.600. The van der Waals surface area contributed by atoms with E-state index < -0.39 is 12.7 Å². The molecule has 0 unspecified atom stereocenters. The Balaban J connectivity index is 3.14. The van der Waals surface area contributed by atoms with Gasteiger partial charge in [-0.05, 0) is 6.42 Å². The summed E-state index contributed by atoms with van der Waals surface area (Å²) in [6.07, 6.45) is -2.65. The van der Waals surface area contributed by atoms with Crippen LogP contribution in [-0.2, 0) is 6.42 Å². The second-order valence-corrected chi connectivity index (χ2v) is 3.89. The zero-order valence-corrected chi connectivity index (χ0v) is 10.8. The lowest BCUT2D eigenvalue weighted by atomic mass is 10.2. The molecule has 0 aliphatic carbocycles. The van der Waals surface area contributed by atoms with Crippen LogP contribution in [0.4, 0.5) is 24.8 Å². The van der Waals surface area contributed by atoms with Crippen LogP contribution >= 0.6 is 0 Å². The van der Waals surface area contributed by atoms with Gasteiger partial charge in [-0.3, -0.25) is 0 Å². The molecule has 0 saturated carbocycles. The average molecular weight is 278 g/mol. The van der Waals surface area contributed by atoms with Crippen LogP contribution in [0.5, 0.6) is 0 Å². The summed E-state index contributed by atoms with van der Waals surface area (Å²) in [5, 5.41) is 11.7. The first-order valence-corrected chi connectivity index (χ1v) is 5.87. The number of alkyl halides is 3. The van der Waals surface area contributed by atoms with Crippen molar-refractivity contribution < 1.29 is 18.3 Å². The Bertz CT molecular complexity index is 411. The van der Waals surface area contributed by atoms with E-state index in [9.17, 15) is 13.2 Å². The van der Waals surface area contributed by atoms with Crippen molar-refractivity contribution >= 4 is 11.6 Å². The summed E-state index contributed by atoms with van der Waals surface area (Å²) < 4.78 is 37.7. The lowest BCUT2D eigenvalue weighted by molar-refractivity contribution is -0.120. The third-order valence-corrected chi connectivity index (χ3v) is 2.55. The monoisotopic (exact) mass is 278 g/mol. The predicted molar refractivity (Wildman–Crippen MR) is 66.3 cm³/mol. The van der Waals surface area contributed by atoms with E-state index >= 15 is 0 Å². The fourth-order valence-electron chi connectivity index (χ4n) is 1.81. The quantitative estimate of drug-likeness (QED) is 0.824. The largest absolute Gasteiger partial charge is 0.405 e. The van der Waals surface area contributed by atoms with Crippen molar-refractivity contribution in [3.8, 4) is 0 Å². The molecule has 0 radical (unpaired) electrons. The molecule has 1 aromatic heterocycles. The molecule has 0 aliphatic rings. The summed E-state index contributed by atoms with van der Waals surface area (Å²) in [6.45, 7) is 0.152. The number of nitrogens with one attached hydrogen (secondary N) is 1. The van der Waals surface area contributed by atoms with Crippen LogP contribution in [0.3, 0.4) is 0 Å². The van der Waals surface area contributed by atoms with Gasteiger partial charge in [0.25, 0.3) is 0 Å². The second-order valence-electron chi connectivity index (χ2n) is 3.89. The number of aromatic nitrogens is 2. The fraction of sp³-hybridized carbons (Fsp3) is 0.636. The van der Waals surface area contributed by atoms with Crippen LogP contribution in [0, 0.1) is 0 Å². The number of rotatable bonds is 6. The Morgan fingerprint density at radius 1 is 1.37 bits per heavy atom. The molecule has 1 aromatic rings. The van der Waals surface area contributed by atoms with Crippen LogP contribution < -0.4 is 10.2 Å². The molecule has 0 amide bonds. The molecule has 1 rings (SSSR count). The standard InChI is InChI=1S/C11H17F3N4O/c1-3-8-9(15-2)16-7-17-10(8)18(4-5-19)6-11(12,13)14/h7,19H,3-6H2,1-2H3,(H,15,16,17). The minimum absolute atomic E-state index is 0.132. The van der Waals surface area contributed by atoms with E-state index in [1.165, 1.54) is 6.33 Å². The summed E-state index contributed by atoms with van der Waals surface area (Å²) in [4.78, 5) is 8.92. The SMILES string of the molecule is CCc1c(NC)ncnc1N(CCO)CC(F)(F)F. The highest BCUT2D eigenvalue weighted by atomic mass is 19.4. The minimum Gasteiger partial charge on any atom is -0.395 e. The minimum atomic E-state index is -4.36. The highest BCUT2D eigenvalue weighted by molar-refractivity contribution is 5.58. The number of hydrogen-bond acceptors (Lipinski definition) is 5. The summed E-state index contributed by atoms with van der Waals surface area (Å²) in [5.74, 6) is 0.700. The van der Waals surface area contributed by atoms with Crippen LogP contribution in [0.1, 0.15) is 12.5 Å². The maximum atomic E-state index is 12.6. The first kappa shape index (κ1) is 15.5. The number of halogens is 3. The number of aliphatic hydroxyl groups is 1. The maximum Gasteiger partial charge on any atom is 0.405 e. The van der Waals surface area contributed by atoms with Gasteiger partial charge in [-0.1, -0.05) is 6.92 Å². The predicted octanol–water partition coefficient (Wildman–Crippen LogP) is 1.44. The van der Waals surface area contributed by atoms with Gasteiger partial charge < -0.3 is 15.3 Å². The van der Waals surface area contributed by atoms with Gasteiger partial charge in [0.05, 0.1) is 6.61 Å². The molecule has 19 heavy (non-hydrogen) atoms. The van der Waals surface area contributed by atoms with Gasteiger partial charge in [-0.15, -0.1) is 0 Å². The molecular weight excluding hydrogens is 261 g/mol. The molecule has 0 aromatic carbocycles. The van der Waals surface area contributed by atoms with E-state index in [1.807, 2.05) is 6.92 Å². The molecule has 0 aliphatic heterocycles. The molecule has 2 N–H and O–H groups in total. The molecule has 8 heteroatoms. The highest BCUT2D eigenvalue weighted by Gasteiger charge is 2.32.